The fourth-order valence-electron chi connectivity index (χ4n) is 2.94. The van der Waals surface area contributed by atoms with Crippen LogP contribution in [0.15, 0.2) is 12.4 Å². The Morgan fingerprint density at radius 1 is 1.26 bits per heavy atom. The fourth-order valence-corrected chi connectivity index (χ4v) is 4.62. The number of nitrogens with one attached hydrogen (secondary N) is 2. The molecule has 2 aromatic heterocycles. The minimum atomic E-state index is -4.70. The fraction of sp³-hybridized carbons (Fsp3) is 0.500. The van der Waals surface area contributed by atoms with E-state index >= 15 is 0 Å². The third kappa shape index (κ3) is 5.80. The van der Waals surface area contributed by atoms with Crippen molar-refractivity contribution < 1.29 is 31.1 Å². The number of rotatable bonds is 5. The molecule has 170 valence electrons. The average Bonchev–Trinajstić information content (AvgIpc) is 3.15. The third-order valence-electron chi connectivity index (χ3n) is 4.48. The van der Waals surface area contributed by atoms with E-state index in [9.17, 15) is 26.4 Å². The second-order valence-corrected chi connectivity index (χ2v) is 9.69. The number of halogens is 3. The lowest BCUT2D eigenvalue weighted by molar-refractivity contribution is -0.137. The van der Waals surface area contributed by atoms with Gasteiger partial charge >= 0.3 is 12.3 Å². The molecule has 1 fully saturated rings. The van der Waals surface area contributed by atoms with Crippen LogP contribution in [0.1, 0.15) is 18.4 Å². The van der Waals surface area contributed by atoms with Gasteiger partial charge in [-0.15, -0.1) is 0 Å². The van der Waals surface area contributed by atoms with Crippen LogP contribution in [-0.2, 0) is 20.9 Å². The molecule has 0 aliphatic carbocycles. The standard InChI is InChI=1S/C16H19F3N6O4S2/c1-29-15(26)24-14-21-8-11(30-14)12-10(16(17,18)19)7-20-13(23-12)22-9-3-5-25(6-4-9)31(2,27)28/h7-9H,3-6H2,1-2H3,(H,20,22,23)(H,21,24,26). The number of nitrogens with zero attached hydrogens (tertiary/aromatic N) is 4. The highest BCUT2D eigenvalue weighted by molar-refractivity contribution is 7.88. The smallest absolute Gasteiger partial charge is 0.420 e. The number of piperidine rings is 1. The van der Waals surface area contributed by atoms with E-state index in [0.717, 1.165) is 24.7 Å². The Labute approximate surface area is 179 Å². The number of thiazole rings is 1. The summed E-state index contributed by atoms with van der Waals surface area (Å²) in [5, 5.41) is 5.31. The lowest BCUT2D eigenvalue weighted by atomic mass is 10.1. The molecule has 0 unspecified atom stereocenters. The number of amides is 1. The molecule has 2 N–H and O–H groups in total. The molecule has 31 heavy (non-hydrogen) atoms. The quantitative estimate of drug-likeness (QED) is 0.669. The molecule has 0 atom stereocenters. The summed E-state index contributed by atoms with van der Waals surface area (Å²) in [6.45, 7) is 0.586. The van der Waals surface area contributed by atoms with Crippen LogP contribution >= 0.6 is 11.3 Å². The molecule has 15 heteroatoms. The number of anilines is 2. The van der Waals surface area contributed by atoms with Gasteiger partial charge in [0.2, 0.25) is 16.0 Å². The second-order valence-electron chi connectivity index (χ2n) is 6.68. The van der Waals surface area contributed by atoms with E-state index in [-0.39, 0.29) is 27.7 Å². The molecule has 3 rings (SSSR count). The third-order valence-corrected chi connectivity index (χ3v) is 6.71. The molecule has 0 saturated carbocycles. The lowest BCUT2D eigenvalue weighted by Crippen LogP contribution is -2.42. The van der Waals surface area contributed by atoms with Crippen molar-refractivity contribution in [2.45, 2.75) is 25.1 Å². The van der Waals surface area contributed by atoms with Crippen LogP contribution in [0.4, 0.5) is 29.0 Å². The molecular formula is C16H19F3N6O4S2. The summed E-state index contributed by atoms with van der Waals surface area (Å²) in [4.78, 5) is 23.1. The maximum absolute atomic E-state index is 13.5. The Morgan fingerprint density at radius 3 is 2.52 bits per heavy atom. The van der Waals surface area contributed by atoms with E-state index in [4.69, 9.17) is 0 Å². The van der Waals surface area contributed by atoms with Crippen molar-refractivity contribution in [3.05, 3.63) is 18.0 Å². The monoisotopic (exact) mass is 480 g/mol. The average molecular weight is 480 g/mol. The zero-order valence-electron chi connectivity index (χ0n) is 16.4. The van der Waals surface area contributed by atoms with Crippen LogP contribution in [0.5, 0.6) is 0 Å². The molecule has 1 aliphatic rings. The maximum atomic E-state index is 13.5. The van der Waals surface area contributed by atoms with Crippen molar-refractivity contribution in [2.24, 2.45) is 0 Å². The van der Waals surface area contributed by atoms with Crippen molar-refractivity contribution in [1.29, 1.82) is 0 Å². The van der Waals surface area contributed by atoms with Crippen LogP contribution in [0, 0.1) is 0 Å². The largest absolute Gasteiger partial charge is 0.453 e. The number of hydrogen-bond acceptors (Lipinski definition) is 9. The first-order chi connectivity index (χ1) is 14.5. The van der Waals surface area contributed by atoms with Crippen molar-refractivity contribution in [2.75, 3.05) is 37.1 Å². The number of carbonyl (C=O) groups is 1. The van der Waals surface area contributed by atoms with Crippen molar-refractivity contribution >= 4 is 38.5 Å². The predicted octanol–water partition coefficient (Wildman–Crippen LogP) is 2.63. The highest BCUT2D eigenvalue weighted by atomic mass is 32.2. The van der Waals surface area contributed by atoms with E-state index in [1.165, 1.54) is 10.5 Å². The molecule has 10 nitrogen and oxygen atoms in total. The van der Waals surface area contributed by atoms with Gasteiger partial charge in [0.1, 0.15) is 5.56 Å². The van der Waals surface area contributed by atoms with E-state index in [2.05, 4.69) is 30.3 Å². The Hall–Kier alpha value is -2.52. The van der Waals surface area contributed by atoms with Gasteiger partial charge in [0.25, 0.3) is 0 Å². The summed E-state index contributed by atoms with van der Waals surface area (Å²) >= 11 is 0.803. The predicted molar refractivity (Wildman–Crippen MR) is 107 cm³/mol. The normalized spacial score (nSPS) is 16.2. The molecule has 3 heterocycles. The van der Waals surface area contributed by atoms with Gasteiger partial charge in [-0.3, -0.25) is 5.32 Å². The Kier molecular flexibility index (Phi) is 6.66. The first-order valence-corrected chi connectivity index (χ1v) is 11.6. The number of carbonyl (C=O) groups excluding carboxylic acids is 1. The molecule has 0 radical (unpaired) electrons. The van der Waals surface area contributed by atoms with Crippen molar-refractivity contribution in [1.82, 2.24) is 19.3 Å². The summed E-state index contributed by atoms with van der Waals surface area (Å²) in [5.74, 6) is -0.0170. The maximum Gasteiger partial charge on any atom is 0.420 e. The minimum Gasteiger partial charge on any atom is -0.453 e. The van der Waals surface area contributed by atoms with Crippen molar-refractivity contribution in [3.63, 3.8) is 0 Å². The summed E-state index contributed by atoms with van der Waals surface area (Å²) in [7, 11) is -2.14. The first kappa shape index (κ1) is 23.1. The van der Waals surface area contributed by atoms with E-state index in [1.54, 1.807) is 0 Å². The number of sulfonamides is 1. The Balaban J connectivity index is 1.82. The first-order valence-electron chi connectivity index (χ1n) is 8.94. The lowest BCUT2D eigenvalue weighted by Gasteiger charge is -2.30. The van der Waals surface area contributed by atoms with Gasteiger partial charge in [-0.1, -0.05) is 11.3 Å². The molecule has 1 amide bonds. The van der Waals surface area contributed by atoms with Gasteiger partial charge in [-0.2, -0.15) is 13.2 Å². The van der Waals surface area contributed by atoms with E-state index < -0.39 is 27.9 Å². The van der Waals surface area contributed by atoms with Gasteiger partial charge < -0.3 is 10.1 Å². The number of aromatic nitrogens is 3. The summed E-state index contributed by atoms with van der Waals surface area (Å²) in [5.41, 5.74) is -1.42. The summed E-state index contributed by atoms with van der Waals surface area (Å²) < 4.78 is 69.4. The summed E-state index contributed by atoms with van der Waals surface area (Å²) in [6, 6.07) is -0.194. The number of methoxy groups -OCH3 is 1. The van der Waals surface area contributed by atoms with Gasteiger partial charge in [0.15, 0.2) is 5.13 Å². The molecule has 1 saturated heterocycles. The molecule has 1 aliphatic heterocycles. The van der Waals surface area contributed by atoms with Crippen LogP contribution in [0.2, 0.25) is 0 Å². The number of hydrogen-bond donors (Lipinski definition) is 2. The molecule has 0 bridgehead atoms. The minimum absolute atomic E-state index is 0.0170. The molecule has 0 aromatic carbocycles. The van der Waals surface area contributed by atoms with Crippen LogP contribution in [0.25, 0.3) is 10.6 Å². The van der Waals surface area contributed by atoms with Crippen molar-refractivity contribution in [3.8, 4) is 10.6 Å². The highest BCUT2D eigenvalue weighted by Gasteiger charge is 2.36. The molecule has 0 spiro atoms. The summed E-state index contributed by atoms with van der Waals surface area (Å²) in [6.07, 6.45) is -1.60. The van der Waals surface area contributed by atoms with Crippen LogP contribution in [-0.4, -0.2) is 66.3 Å². The zero-order valence-corrected chi connectivity index (χ0v) is 18.1. The van der Waals surface area contributed by atoms with Crippen LogP contribution < -0.4 is 10.6 Å². The number of ether oxygens (including phenoxy) is 1. The molecule has 2 aromatic rings. The van der Waals surface area contributed by atoms with E-state index in [1.807, 2.05) is 0 Å². The Morgan fingerprint density at radius 2 is 1.94 bits per heavy atom. The van der Waals surface area contributed by atoms with Gasteiger partial charge in [-0.25, -0.2) is 32.5 Å². The zero-order chi connectivity index (χ0) is 22.8. The number of alkyl halides is 3. The van der Waals surface area contributed by atoms with Crippen LogP contribution in [0.3, 0.4) is 0 Å². The van der Waals surface area contributed by atoms with Gasteiger partial charge in [0, 0.05) is 31.5 Å². The highest BCUT2D eigenvalue weighted by Crippen LogP contribution is 2.39. The molecular weight excluding hydrogens is 461 g/mol. The Bertz CT molecular complexity index is 1050. The second kappa shape index (κ2) is 8.92. The van der Waals surface area contributed by atoms with Gasteiger partial charge in [-0.05, 0) is 12.8 Å². The van der Waals surface area contributed by atoms with E-state index in [0.29, 0.717) is 32.1 Å². The SMILES string of the molecule is COC(=O)Nc1ncc(-c2nc(NC3CCN(S(C)(=O)=O)CC3)ncc2C(F)(F)F)s1. The van der Waals surface area contributed by atoms with Gasteiger partial charge in [0.05, 0.1) is 23.9 Å². The topological polar surface area (TPSA) is 126 Å².